The lowest BCUT2D eigenvalue weighted by Crippen LogP contribution is -2.13. The fraction of sp³-hybridized carbons (Fsp3) is 0.148. The molecule has 1 aromatic heterocycles. The number of anilines is 1. The van der Waals surface area contributed by atoms with E-state index in [-0.39, 0.29) is 5.75 Å². The van der Waals surface area contributed by atoms with Gasteiger partial charge in [0.25, 0.3) is 0 Å². The predicted octanol–water partition coefficient (Wildman–Crippen LogP) is 5.78. The number of aromatic nitrogens is 2. The molecule has 4 rings (SSSR count). The van der Waals surface area contributed by atoms with Crippen LogP contribution in [0.15, 0.2) is 90.0 Å². The van der Waals surface area contributed by atoms with Gasteiger partial charge in [-0.15, -0.1) is 0 Å². The molecule has 0 bridgehead atoms. The van der Waals surface area contributed by atoms with Gasteiger partial charge in [-0.2, -0.15) is 5.10 Å². The summed E-state index contributed by atoms with van der Waals surface area (Å²) in [5.74, 6) is 1.18. The minimum absolute atomic E-state index is 0.102. The van der Waals surface area contributed by atoms with E-state index in [4.69, 9.17) is 14.7 Å². The molecule has 6 heteroatoms. The summed E-state index contributed by atoms with van der Waals surface area (Å²) in [4.78, 5) is 9.46. The molecule has 0 fully saturated rings. The lowest BCUT2D eigenvalue weighted by Gasteiger charge is -2.14. The van der Waals surface area contributed by atoms with Crippen molar-refractivity contribution in [2.24, 2.45) is 5.10 Å². The average molecular weight is 439 g/mol. The van der Waals surface area contributed by atoms with Gasteiger partial charge in [-0.3, -0.25) is 0 Å². The van der Waals surface area contributed by atoms with Crippen LogP contribution in [-0.4, -0.2) is 34.9 Å². The fourth-order valence-corrected chi connectivity index (χ4v) is 3.24. The van der Waals surface area contributed by atoms with E-state index in [1.165, 1.54) is 0 Å². The van der Waals surface area contributed by atoms with E-state index in [1.807, 2.05) is 79.7 Å². The number of hydrogen-bond donors (Lipinski definition) is 1. The summed E-state index contributed by atoms with van der Waals surface area (Å²) in [6.07, 6.45) is 2.49. The van der Waals surface area contributed by atoms with Crippen molar-refractivity contribution in [3.05, 3.63) is 90.5 Å². The van der Waals surface area contributed by atoms with Gasteiger partial charge in [-0.1, -0.05) is 67.6 Å². The van der Waals surface area contributed by atoms with Gasteiger partial charge in [0.15, 0.2) is 0 Å². The van der Waals surface area contributed by atoms with Crippen LogP contribution in [0.25, 0.3) is 22.5 Å². The molecule has 1 heterocycles. The summed E-state index contributed by atoms with van der Waals surface area (Å²) < 4.78 is 5.56. The number of benzene rings is 3. The zero-order valence-electron chi connectivity index (χ0n) is 18.7. The molecule has 0 unspecified atom stereocenters. The van der Waals surface area contributed by atoms with Crippen molar-refractivity contribution in [2.75, 3.05) is 18.7 Å². The maximum absolute atomic E-state index is 10.3. The monoisotopic (exact) mass is 438 g/mol. The maximum Gasteiger partial charge on any atom is 0.247 e. The molecule has 0 spiro atoms. The number of nitrogens with zero attached hydrogens (tertiary/aromatic N) is 4. The minimum Gasteiger partial charge on any atom is -0.507 e. The summed E-state index contributed by atoms with van der Waals surface area (Å²) in [5.41, 5.74) is 4.18. The highest BCUT2D eigenvalue weighted by atomic mass is 16.5. The van der Waals surface area contributed by atoms with Crippen molar-refractivity contribution in [1.82, 2.24) is 9.97 Å². The van der Waals surface area contributed by atoms with Crippen LogP contribution >= 0.6 is 0 Å². The molecule has 1 N–H and O–H groups in total. The zero-order chi connectivity index (χ0) is 23.0. The lowest BCUT2D eigenvalue weighted by molar-refractivity contribution is 0.315. The molecule has 0 aliphatic heterocycles. The van der Waals surface area contributed by atoms with Crippen LogP contribution in [-0.2, 0) is 0 Å². The number of hydrogen-bond acceptors (Lipinski definition) is 6. The lowest BCUT2D eigenvalue weighted by atomic mass is 10.1. The molecule has 6 nitrogen and oxygen atoms in total. The Morgan fingerprint density at radius 2 is 1.48 bits per heavy atom. The zero-order valence-corrected chi connectivity index (χ0v) is 18.7. The summed E-state index contributed by atoms with van der Waals surface area (Å²) in [5, 5.41) is 16.4. The number of phenols is 1. The SMILES string of the molecule is CCCOc1ccc(C=NN(C)c2nc(-c3ccccc3)cc(-c3ccccc3)n2)c(O)c1. The first-order valence-corrected chi connectivity index (χ1v) is 10.9. The molecule has 0 amide bonds. The maximum atomic E-state index is 10.3. The van der Waals surface area contributed by atoms with Gasteiger partial charge in [-0.05, 0) is 24.6 Å². The summed E-state index contributed by atoms with van der Waals surface area (Å²) in [6, 6.07) is 27.1. The first-order valence-electron chi connectivity index (χ1n) is 10.9. The second-order valence-corrected chi connectivity index (χ2v) is 7.51. The predicted molar refractivity (Wildman–Crippen MR) is 133 cm³/mol. The fourth-order valence-electron chi connectivity index (χ4n) is 3.24. The van der Waals surface area contributed by atoms with Crippen LogP contribution in [0.4, 0.5) is 5.95 Å². The second kappa shape index (κ2) is 10.4. The molecule has 0 aliphatic rings. The number of hydrazone groups is 1. The second-order valence-electron chi connectivity index (χ2n) is 7.51. The van der Waals surface area contributed by atoms with Crippen LogP contribution in [0.3, 0.4) is 0 Å². The average Bonchev–Trinajstić information content (AvgIpc) is 2.87. The highest BCUT2D eigenvalue weighted by Crippen LogP contribution is 2.26. The van der Waals surface area contributed by atoms with Crippen LogP contribution in [0.2, 0.25) is 0 Å². The molecule has 33 heavy (non-hydrogen) atoms. The van der Waals surface area contributed by atoms with Crippen LogP contribution in [0, 0.1) is 0 Å². The molecule has 4 aromatic rings. The Balaban J connectivity index is 1.65. The third kappa shape index (κ3) is 5.54. The van der Waals surface area contributed by atoms with Gasteiger partial charge < -0.3 is 9.84 Å². The molecular weight excluding hydrogens is 412 g/mol. The smallest absolute Gasteiger partial charge is 0.247 e. The van der Waals surface area contributed by atoms with E-state index in [0.29, 0.717) is 23.9 Å². The highest BCUT2D eigenvalue weighted by molar-refractivity contribution is 5.84. The highest BCUT2D eigenvalue weighted by Gasteiger charge is 2.11. The standard InChI is InChI=1S/C27H26N4O2/c1-3-16-33-23-15-14-22(26(32)17-23)19-28-31(2)27-29-24(20-10-6-4-7-11-20)18-25(30-27)21-12-8-5-9-13-21/h4-15,17-19,32H,3,16H2,1-2H3. The third-order valence-electron chi connectivity index (χ3n) is 4.99. The van der Waals surface area contributed by atoms with Crippen LogP contribution in [0.1, 0.15) is 18.9 Å². The number of aromatic hydroxyl groups is 1. The van der Waals surface area contributed by atoms with E-state index in [2.05, 4.69) is 5.10 Å². The Labute approximate surface area is 193 Å². The summed E-state index contributed by atoms with van der Waals surface area (Å²) in [7, 11) is 1.78. The minimum atomic E-state index is 0.102. The van der Waals surface area contributed by atoms with Crippen molar-refractivity contribution in [3.63, 3.8) is 0 Å². The Bertz CT molecular complexity index is 1170. The molecule has 0 radical (unpaired) electrons. The topological polar surface area (TPSA) is 70.8 Å². The molecule has 3 aromatic carbocycles. The van der Waals surface area contributed by atoms with Crippen molar-refractivity contribution in [2.45, 2.75) is 13.3 Å². The van der Waals surface area contributed by atoms with Crippen molar-refractivity contribution in [3.8, 4) is 34.0 Å². The van der Waals surface area contributed by atoms with Crippen molar-refractivity contribution in [1.29, 1.82) is 0 Å². The first-order chi connectivity index (χ1) is 16.1. The third-order valence-corrected chi connectivity index (χ3v) is 4.99. The molecular formula is C27H26N4O2. The number of ether oxygens (including phenoxy) is 1. The summed E-state index contributed by atoms with van der Waals surface area (Å²) in [6.45, 7) is 2.64. The molecule has 0 saturated carbocycles. The van der Waals surface area contributed by atoms with E-state index in [0.717, 1.165) is 28.9 Å². The van der Waals surface area contributed by atoms with Crippen molar-refractivity contribution >= 4 is 12.2 Å². The van der Waals surface area contributed by atoms with E-state index in [9.17, 15) is 5.11 Å². The molecule has 0 saturated heterocycles. The van der Waals surface area contributed by atoms with Gasteiger partial charge in [-0.25, -0.2) is 15.0 Å². The van der Waals surface area contributed by atoms with Crippen LogP contribution < -0.4 is 9.75 Å². The van der Waals surface area contributed by atoms with E-state index in [1.54, 1.807) is 30.4 Å². The van der Waals surface area contributed by atoms with Crippen molar-refractivity contribution < 1.29 is 9.84 Å². The molecule has 166 valence electrons. The van der Waals surface area contributed by atoms with E-state index >= 15 is 0 Å². The quantitative estimate of drug-likeness (QED) is 0.279. The Morgan fingerprint density at radius 1 is 0.879 bits per heavy atom. The largest absolute Gasteiger partial charge is 0.507 e. The normalized spacial score (nSPS) is 11.0. The number of rotatable bonds is 8. The van der Waals surface area contributed by atoms with Gasteiger partial charge in [0.1, 0.15) is 11.5 Å². The number of phenolic OH excluding ortho intramolecular Hbond substituents is 1. The van der Waals surface area contributed by atoms with Crippen LogP contribution in [0.5, 0.6) is 11.5 Å². The van der Waals surface area contributed by atoms with Gasteiger partial charge in [0, 0.05) is 29.8 Å². The Hall–Kier alpha value is -4.19. The van der Waals surface area contributed by atoms with Gasteiger partial charge in [0.2, 0.25) is 5.95 Å². The Kier molecular flexibility index (Phi) is 6.95. The first kappa shape index (κ1) is 22.0. The molecule has 0 atom stereocenters. The van der Waals surface area contributed by atoms with E-state index < -0.39 is 0 Å². The van der Waals surface area contributed by atoms with Gasteiger partial charge in [0.05, 0.1) is 24.2 Å². The Morgan fingerprint density at radius 3 is 2.03 bits per heavy atom. The summed E-state index contributed by atoms with van der Waals surface area (Å²) >= 11 is 0. The molecule has 0 aliphatic carbocycles. The van der Waals surface area contributed by atoms with Gasteiger partial charge >= 0.3 is 0 Å².